The van der Waals surface area contributed by atoms with E-state index < -0.39 is 11.1 Å². The van der Waals surface area contributed by atoms with Crippen molar-refractivity contribution in [2.75, 3.05) is 19.4 Å². The van der Waals surface area contributed by atoms with Crippen LogP contribution in [0, 0.1) is 0 Å². The van der Waals surface area contributed by atoms with Gasteiger partial charge in [-0.25, -0.2) is 4.58 Å². The van der Waals surface area contributed by atoms with Gasteiger partial charge in [0.25, 0.3) is 11.1 Å². The zero-order valence-electron chi connectivity index (χ0n) is 11.8. The minimum absolute atomic E-state index is 0.00173. The van der Waals surface area contributed by atoms with Gasteiger partial charge in [-0.15, -0.1) is 0 Å². The van der Waals surface area contributed by atoms with Gasteiger partial charge in [-0.1, -0.05) is 6.07 Å². The molecule has 5 N–H and O–H groups in total. The summed E-state index contributed by atoms with van der Waals surface area (Å²) in [5, 5.41) is 27.2. The SMILES string of the molecule is C[N+](C)=C(O)c1cccc(Nc2c(Br)c(=O)[nH][nH]c2=O)c1O. The third kappa shape index (κ3) is 2.89. The van der Waals surface area contributed by atoms with Gasteiger partial charge in [0.15, 0.2) is 5.75 Å². The number of para-hydroxylation sites is 1. The first-order valence-electron chi connectivity index (χ1n) is 6.16. The Morgan fingerprint density at radius 2 is 1.86 bits per heavy atom. The molecule has 0 aliphatic carbocycles. The van der Waals surface area contributed by atoms with E-state index in [9.17, 15) is 19.8 Å². The highest BCUT2D eigenvalue weighted by Crippen LogP contribution is 2.30. The molecule has 0 atom stereocenters. The second kappa shape index (κ2) is 6.06. The van der Waals surface area contributed by atoms with E-state index in [-0.39, 0.29) is 33.1 Å². The van der Waals surface area contributed by atoms with Gasteiger partial charge in [0.1, 0.15) is 29.8 Å². The Balaban J connectivity index is 2.56. The fraction of sp³-hybridized carbons (Fsp3) is 0.154. The number of rotatable bonds is 3. The van der Waals surface area contributed by atoms with Crippen molar-refractivity contribution in [2.45, 2.75) is 0 Å². The van der Waals surface area contributed by atoms with Crippen molar-refractivity contribution in [3.8, 4) is 5.75 Å². The van der Waals surface area contributed by atoms with Gasteiger partial charge in [-0.2, -0.15) is 0 Å². The first-order chi connectivity index (χ1) is 10.3. The number of anilines is 2. The number of hydrogen-bond donors (Lipinski definition) is 5. The van der Waals surface area contributed by atoms with Gasteiger partial charge in [0.2, 0.25) is 0 Å². The molecule has 0 spiro atoms. The molecule has 1 aromatic carbocycles. The number of nitrogens with one attached hydrogen (secondary N) is 3. The lowest BCUT2D eigenvalue weighted by atomic mass is 10.1. The minimum atomic E-state index is -0.572. The van der Waals surface area contributed by atoms with Crippen molar-refractivity contribution in [1.29, 1.82) is 0 Å². The van der Waals surface area contributed by atoms with Crippen LogP contribution in [0.15, 0.2) is 32.3 Å². The molecule has 8 nitrogen and oxygen atoms in total. The van der Waals surface area contributed by atoms with Gasteiger partial charge in [0.05, 0.1) is 5.69 Å². The van der Waals surface area contributed by atoms with Gasteiger partial charge in [-0.05, 0) is 28.1 Å². The van der Waals surface area contributed by atoms with Crippen LogP contribution in [0.3, 0.4) is 0 Å². The van der Waals surface area contributed by atoms with Crippen LogP contribution in [-0.4, -0.2) is 45.0 Å². The highest BCUT2D eigenvalue weighted by molar-refractivity contribution is 9.10. The van der Waals surface area contributed by atoms with Crippen LogP contribution < -0.4 is 16.4 Å². The molecule has 116 valence electrons. The van der Waals surface area contributed by atoms with Crippen LogP contribution >= 0.6 is 15.9 Å². The molecule has 22 heavy (non-hydrogen) atoms. The molecule has 1 aromatic heterocycles. The number of H-pyrrole nitrogens is 2. The van der Waals surface area contributed by atoms with Crippen LogP contribution in [0.5, 0.6) is 5.75 Å². The van der Waals surface area contributed by atoms with Crippen molar-refractivity contribution in [3.05, 3.63) is 48.9 Å². The molecule has 0 radical (unpaired) electrons. The van der Waals surface area contributed by atoms with Gasteiger partial charge >= 0.3 is 5.90 Å². The number of phenols is 1. The number of nitrogens with zero attached hydrogens (tertiary/aromatic N) is 1. The van der Waals surface area contributed by atoms with Gasteiger partial charge in [-0.3, -0.25) is 19.8 Å². The predicted molar refractivity (Wildman–Crippen MR) is 85.6 cm³/mol. The third-order valence-corrected chi connectivity index (χ3v) is 3.65. The summed E-state index contributed by atoms with van der Waals surface area (Å²) in [6, 6.07) is 4.62. The molecule has 0 saturated carbocycles. The lowest BCUT2D eigenvalue weighted by Gasteiger charge is -2.10. The lowest BCUT2D eigenvalue weighted by Crippen LogP contribution is -2.22. The molecule has 2 rings (SSSR count). The van der Waals surface area contributed by atoms with E-state index in [1.165, 1.54) is 16.7 Å². The lowest BCUT2D eigenvalue weighted by molar-refractivity contribution is -0.472. The summed E-state index contributed by atoms with van der Waals surface area (Å²) in [6.07, 6.45) is 0. The van der Waals surface area contributed by atoms with Crippen molar-refractivity contribution in [1.82, 2.24) is 10.2 Å². The molecular formula is C13H14BrN4O4+. The van der Waals surface area contributed by atoms with E-state index in [0.717, 1.165) is 0 Å². The Hall–Kier alpha value is -2.55. The number of aromatic nitrogens is 2. The topological polar surface area (TPSA) is 121 Å². The van der Waals surface area contributed by atoms with E-state index in [2.05, 4.69) is 31.4 Å². The molecule has 0 aliphatic heterocycles. The molecule has 9 heteroatoms. The summed E-state index contributed by atoms with van der Waals surface area (Å²) >= 11 is 3.01. The van der Waals surface area contributed by atoms with Gasteiger partial charge < -0.3 is 15.5 Å². The molecule has 0 unspecified atom stereocenters. The number of phenolic OH excluding ortho intramolecular Hbond substituents is 1. The normalized spacial score (nSPS) is 10.3. The van der Waals surface area contributed by atoms with Crippen molar-refractivity contribution in [3.63, 3.8) is 0 Å². The molecule has 0 fully saturated rings. The smallest absolute Gasteiger partial charge is 0.370 e. The molecule has 2 aromatic rings. The zero-order chi connectivity index (χ0) is 16.4. The fourth-order valence-corrected chi connectivity index (χ4v) is 2.13. The maximum atomic E-state index is 11.8. The average Bonchev–Trinajstić information content (AvgIpc) is 2.48. The zero-order valence-corrected chi connectivity index (χ0v) is 13.4. The largest absolute Gasteiger partial charge is 0.505 e. The first-order valence-corrected chi connectivity index (χ1v) is 6.95. The Morgan fingerprint density at radius 3 is 2.50 bits per heavy atom. The van der Waals surface area contributed by atoms with Crippen LogP contribution in [0.25, 0.3) is 0 Å². The highest BCUT2D eigenvalue weighted by Gasteiger charge is 2.19. The van der Waals surface area contributed by atoms with Crippen molar-refractivity contribution in [2.24, 2.45) is 0 Å². The number of aromatic hydroxyl groups is 1. The number of aliphatic hydroxyl groups is 1. The van der Waals surface area contributed by atoms with Gasteiger partial charge in [0, 0.05) is 0 Å². The molecular weight excluding hydrogens is 356 g/mol. The maximum Gasteiger partial charge on any atom is 0.370 e. The van der Waals surface area contributed by atoms with Crippen LogP contribution in [0.4, 0.5) is 11.4 Å². The Labute approximate surface area is 132 Å². The number of halogens is 1. The average molecular weight is 370 g/mol. The summed E-state index contributed by atoms with van der Waals surface area (Å²) < 4.78 is 1.43. The van der Waals surface area contributed by atoms with E-state index in [1.54, 1.807) is 20.2 Å². The van der Waals surface area contributed by atoms with E-state index in [0.29, 0.717) is 0 Å². The second-order valence-electron chi connectivity index (χ2n) is 4.64. The number of aromatic amines is 2. The third-order valence-electron chi connectivity index (χ3n) is 2.90. The maximum absolute atomic E-state index is 11.8. The van der Waals surface area contributed by atoms with Crippen molar-refractivity contribution >= 4 is 33.2 Å². The Morgan fingerprint density at radius 1 is 1.23 bits per heavy atom. The summed E-state index contributed by atoms with van der Waals surface area (Å²) in [5.74, 6) is -0.389. The monoisotopic (exact) mass is 369 g/mol. The standard InChI is InChI=1S/C13H13BrN4O4/c1-18(2)13(22)6-4-3-5-7(10(6)19)15-9-8(14)11(20)16-17-12(9)21/h3-5H,1-2H3,(H4,15,16,17,19,20,21,22)/p+1. The first kappa shape index (κ1) is 15.8. The van der Waals surface area contributed by atoms with Crippen LogP contribution in [0.1, 0.15) is 5.56 Å². The Kier molecular flexibility index (Phi) is 4.36. The van der Waals surface area contributed by atoms with Crippen molar-refractivity contribution < 1.29 is 14.8 Å². The number of hydrogen-bond acceptors (Lipinski definition) is 4. The highest BCUT2D eigenvalue weighted by atomic mass is 79.9. The summed E-state index contributed by atoms with van der Waals surface area (Å²) in [7, 11) is 3.24. The number of aliphatic hydroxyl groups excluding tert-OH is 1. The van der Waals surface area contributed by atoms with Crippen LogP contribution in [0.2, 0.25) is 0 Å². The second-order valence-corrected chi connectivity index (χ2v) is 5.44. The van der Waals surface area contributed by atoms with E-state index in [4.69, 9.17) is 0 Å². The quantitative estimate of drug-likeness (QED) is 0.237. The molecule has 0 amide bonds. The van der Waals surface area contributed by atoms with E-state index >= 15 is 0 Å². The molecule has 0 aliphatic rings. The molecule has 1 heterocycles. The number of benzene rings is 1. The molecule has 0 bridgehead atoms. The van der Waals surface area contributed by atoms with Crippen LogP contribution in [-0.2, 0) is 0 Å². The predicted octanol–water partition coefficient (Wildman–Crippen LogP) is 0.852. The summed E-state index contributed by atoms with van der Waals surface area (Å²) in [5.41, 5.74) is -0.798. The summed E-state index contributed by atoms with van der Waals surface area (Å²) in [6.45, 7) is 0. The van der Waals surface area contributed by atoms with E-state index in [1.807, 2.05) is 0 Å². The summed E-state index contributed by atoms with van der Waals surface area (Å²) in [4.78, 5) is 23.3. The fourth-order valence-electron chi connectivity index (χ4n) is 1.76. The Bertz CT molecular complexity index is 865. The minimum Gasteiger partial charge on any atom is -0.505 e. The molecule has 0 saturated heterocycles.